The number of hydrogen-bond donors (Lipinski definition) is 0. The van der Waals surface area contributed by atoms with Crippen LogP contribution >= 0.6 is 23.1 Å². The van der Waals surface area contributed by atoms with Gasteiger partial charge >= 0.3 is 0 Å². The average Bonchev–Trinajstić information content (AvgIpc) is 2.70. The minimum atomic E-state index is 0.195. The Bertz CT molecular complexity index is 507. The SMILES string of the molecule is CC(=O)SCCC=Cc1cc2ccccc2s1. The molecule has 0 fully saturated rings. The number of allylic oxidation sites excluding steroid dienone is 1. The highest BCUT2D eigenvalue weighted by Crippen LogP contribution is 2.26. The Hall–Kier alpha value is -1.06. The monoisotopic (exact) mass is 262 g/mol. The van der Waals surface area contributed by atoms with Gasteiger partial charge in [-0.1, -0.05) is 36.0 Å². The Morgan fingerprint density at radius 1 is 1.41 bits per heavy atom. The molecule has 0 unspecified atom stereocenters. The molecule has 3 heteroatoms. The van der Waals surface area contributed by atoms with Crippen LogP contribution in [0.15, 0.2) is 36.4 Å². The Kier molecular flexibility index (Phi) is 4.40. The molecule has 2 aromatic rings. The van der Waals surface area contributed by atoms with Crippen molar-refractivity contribution in [3.05, 3.63) is 41.3 Å². The molecule has 0 radical (unpaired) electrons. The number of thiophene rings is 1. The first kappa shape index (κ1) is 12.4. The van der Waals surface area contributed by atoms with Crippen LogP contribution in [0.5, 0.6) is 0 Å². The molecule has 2 rings (SSSR count). The van der Waals surface area contributed by atoms with Crippen LogP contribution in [0, 0.1) is 0 Å². The summed E-state index contributed by atoms with van der Waals surface area (Å²) in [5, 5.41) is 1.50. The zero-order valence-corrected chi connectivity index (χ0v) is 11.3. The lowest BCUT2D eigenvalue weighted by Crippen LogP contribution is -1.83. The maximum Gasteiger partial charge on any atom is 0.185 e. The van der Waals surface area contributed by atoms with E-state index in [9.17, 15) is 4.79 Å². The normalized spacial score (nSPS) is 11.4. The molecule has 0 bridgehead atoms. The zero-order chi connectivity index (χ0) is 12.1. The summed E-state index contributed by atoms with van der Waals surface area (Å²) in [7, 11) is 0. The zero-order valence-electron chi connectivity index (χ0n) is 9.68. The van der Waals surface area contributed by atoms with Gasteiger partial charge in [-0.05, 0) is 30.0 Å². The van der Waals surface area contributed by atoms with Crippen LogP contribution < -0.4 is 0 Å². The molecular formula is C14H14OS2. The van der Waals surface area contributed by atoms with Crippen molar-refractivity contribution >= 4 is 44.4 Å². The van der Waals surface area contributed by atoms with Gasteiger partial charge in [0.25, 0.3) is 0 Å². The van der Waals surface area contributed by atoms with Gasteiger partial charge in [0.05, 0.1) is 0 Å². The minimum absolute atomic E-state index is 0.195. The molecule has 0 spiro atoms. The van der Waals surface area contributed by atoms with Gasteiger partial charge in [-0.25, -0.2) is 0 Å². The van der Waals surface area contributed by atoms with E-state index in [4.69, 9.17) is 0 Å². The van der Waals surface area contributed by atoms with E-state index in [0.29, 0.717) is 0 Å². The molecule has 17 heavy (non-hydrogen) atoms. The summed E-state index contributed by atoms with van der Waals surface area (Å²) in [5.41, 5.74) is 0. The summed E-state index contributed by atoms with van der Waals surface area (Å²) in [6.45, 7) is 1.61. The van der Waals surface area contributed by atoms with Gasteiger partial charge in [0.1, 0.15) is 0 Å². The Balaban J connectivity index is 1.94. The molecule has 0 atom stereocenters. The highest BCUT2D eigenvalue weighted by Gasteiger charge is 1.97. The molecule has 0 saturated heterocycles. The van der Waals surface area contributed by atoms with Crippen molar-refractivity contribution in [2.45, 2.75) is 13.3 Å². The molecule has 1 nitrogen and oxygen atoms in total. The van der Waals surface area contributed by atoms with Crippen molar-refractivity contribution < 1.29 is 4.79 Å². The van der Waals surface area contributed by atoms with Crippen LogP contribution in [0.3, 0.4) is 0 Å². The van der Waals surface area contributed by atoms with Crippen molar-refractivity contribution in [3.8, 4) is 0 Å². The summed E-state index contributed by atoms with van der Waals surface area (Å²) < 4.78 is 1.32. The third-order valence-corrected chi connectivity index (χ3v) is 4.24. The summed E-state index contributed by atoms with van der Waals surface area (Å²) >= 11 is 3.19. The number of carbonyl (C=O) groups excluding carboxylic acids is 1. The Morgan fingerprint density at radius 2 is 2.24 bits per heavy atom. The van der Waals surface area contributed by atoms with Crippen LogP contribution in [0.2, 0.25) is 0 Å². The lowest BCUT2D eigenvalue weighted by Gasteiger charge is -1.90. The lowest BCUT2D eigenvalue weighted by atomic mass is 10.2. The molecule has 0 aliphatic heterocycles. The number of benzene rings is 1. The lowest BCUT2D eigenvalue weighted by molar-refractivity contribution is -0.109. The molecule has 0 saturated carbocycles. The number of hydrogen-bond acceptors (Lipinski definition) is 3. The summed E-state index contributed by atoms with van der Waals surface area (Å²) in [4.78, 5) is 12.0. The van der Waals surface area contributed by atoms with Gasteiger partial charge in [0.15, 0.2) is 5.12 Å². The second-order valence-electron chi connectivity index (χ2n) is 3.72. The molecule has 88 valence electrons. The van der Waals surface area contributed by atoms with Crippen molar-refractivity contribution in [2.24, 2.45) is 0 Å². The fraction of sp³-hybridized carbons (Fsp3) is 0.214. The highest BCUT2D eigenvalue weighted by molar-refractivity contribution is 8.13. The van der Waals surface area contributed by atoms with Gasteiger partial charge < -0.3 is 0 Å². The van der Waals surface area contributed by atoms with E-state index in [2.05, 4.69) is 42.5 Å². The maximum atomic E-state index is 10.7. The van der Waals surface area contributed by atoms with Crippen molar-refractivity contribution in [2.75, 3.05) is 5.75 Å². The van der Waals surface area contributed by atoms with E-state index in [1.165, 1.54) is 26.7 Å². The van der Waals surface area contributed by atoms with E-state index < -0.39 is 0 Å². The third-order valence-electron chi connectivity index (χ3n) is 2.32. The van der Waals surface area contributed by atoms with Crippen molar-refractivity contribution in [1.29, 1.82) is 0 Å². The molecule has 0 N–H and O–H groups in total. The summed E-state index contributed by atoms with van der Waals surface area (Å²) in [6, 6.07) is 10.6. The number of carbonyl (C=O) groups is 1. The first-order valence-electron chi connectivity index (χ1n) is 5.54. The largest absolute Gasteiger partial charge is 0.288 e. The fourth-order valence-corrected chi connectivity index (χ4v) is 3.09. The maximum absolute atomic E-state index is 10.7. The minimum Gasteiger partial charge on any atom is -0.288 e. The van der Waals surface area contributed by atoms with Gasteiger partial charge in [0, 0.05) is 22.3 Å². The smallest absolute Gasteiger partial charge is 0.185 e. The van der Waals surface area contributed by atoms with Crippen LogP contribution in [0.4, 0.5) is 0 Å². The molecule has 1 heterocycles. The second kappa shape index (κ2) is 6.03. The number of thioether (sulfide) groups is 1. The predicted molar refractivity (Wildman–Crippen MR) is 78.6 cm³/mol. The molecule has 1 aromatic heterocycles. The van der Waals surface area contributed by atoms with Crippen LogP contribution in [-0.2, 0) is 4.79 Å². The first-order valence-corrected chi connectivity index (χ1v) is 7.34. The molecule has 0 amide bonds. The van der Waals surface area contributed by atoms with Crippen molar-refractivity contribution in [1.82, 2.24) is 0 Å². The van der Waals surface area contributed by atoms with E-state index in [1.807, 2.05) is 0 Å². The van der Waals surface area contributed by atoms with Gasteiger partial charge in [-0.3, -0.25) is 4.79 Å². The quantitative estimate of drug-likeness (QED) is 0.750. The van der Waals surface area contributed by atoms with E-state index in [1.54, 1.807) is 18.3 Å². The molecule has 1 aromatic carbocycles. The standard InChI is InChI=1S/C14H14OS2/c1-11(15)16-9-5-4-7-13-10-12-6-2-3-8-14(12)17-13/h2-4,6-8,10H,5,9H2,1H3. The average molecular weight is 262 g/mol. The van der Waals surface area contributed by atoms with Crippen LogP contribution in [0.1, 0.15) is 18.2 Å². The Labute approximate surface area is 110 Å². The molecular weight excluding hydrogens is 248 g/mol. The molecule has 0 aliphatic rings. The highest BCUT2D eigenvalue weighted by atomic mass is 32.2. The van der Waals surface area contributed by atoms with Crippen LogP contribution in [0.25, 0.3) is 16.2 Å². The second-order valence-corrected chi connectivity index (χ2v) is 6.10. The number of fused-ring (bicyclic) bond motifs is 1. The van der Waals surface area contributed by atoms with Gasteiger partial charge in [-0.2, -0.15) is 0 Å². The number of rotatable bonds is 4. The van der Waals surface area contributed by atoms with E-state index in [0.717, 1.165) is 12.2 Å². The van der Waals surface area contributed by atoms with Crippen LogP contribution in [-0.4, -0.2) is 10.9 Å². The predicted octanol–water partition coefficient (Wildman–Crippen LogP) is 4.58. The van der Waals surface area contributed by atoms with E-state index in [-0.39, 0.29) is 5.12 Å². The van der Waals surface area contributed by atoms with Gasteiger partial charge in [-0.15, -0.1) is 11.3 Å². The fourth-order valence-electron chi connectivity index (χ4n) is 1.55. The summed E-state index contributed by atoms with van der Waals surface area (Å²) in [5.74, 6) is 0.872. The molecule has 0 aliphatic carbocycles. The van der Waals surface area contributed by atoms with Crippen molar-refractivity contribution in [3.63, 3.8) is 0 Å². The summed E-state index contributed by atoms with van der Waals surface area (Å²) in [6.07, 6.45) is 5.23. The third kappa shape index (κ3) is 3.72. The topological polar surface area (TPSA) is 17.1 Å². The van der Waals surface area contributed by atoms with Gasteiger partial charge in [0.2, 0.25) is 0 Å². The Morgan fingerprint density at radius 3 is 3.00 bits per heavy atom. The van der Waals surface area contributed by atoms with E-state index >= 15 is 0 Å². The first-order chi connectivity index (χ1) is 8.25.